The van der Waals surface area contributed by atoms with E-state index >= 15 is 0 Å². The second kappa shape index (κ2) is 9.74. The monoisotopic (exact) mass is 449 g/mol. The molecular weight excluding hydrogens is 418 g/mol. The number of rotatable bonds is 7. The van der Waals surface area contributed by atoms with Crippen molar-refractivity contribution in [2.75, 3.05) is 0 Å². The third-order valence-electron chi connectivity index (χ3n) is 5.05. The third kappa shape index (κ3) is 6.10. The number of ketones is 1. The third-order valence-corrected chi connectivity index (χ3v) is 5.05. The molecule has 0 bridgehead atoms. The molecule has 1 aliphatic rings. The number of amides is 1. The SMILES string of the molecule is CC(N)[C@@](N)(C(=O)O)C(=O)C[C@H]1C[C@@H](c2ccc(C(=N)NC(=O)OC(C)(C)C)cc2)NO1. The normalized spacial score (nSPS) is 21.3. The lowest BCUT2D eigenvalue weighted by Crippen LogP contribution is -2.65. The number of ether oxygens (including phenoxy) is 1. The van der Waals surface area contributed by atoms with Gasteiger partial charge in [0, 0.05) is 18.0 Å². The summed E-state index contributed by atoms with van der Waals surface area (Å²) in [6, 6.07) is 5.55. The number of hydrogen-bond acceptors (Lipinski definition) is 9. The number of amidine groups is 1. The molecule has 0 spiro atoms. The van der Waals surface area contributed by atoms with Gasteiger partial charge in [-0.15, -0.1) is 0 Å². The van der Waals surface area contributed by atoms with Crippen LogP contribution in [0.2, 0.25) is 0 Å². The van der Waals surface area contributed by atoms with Crippen LogP contribution in [0.5, 0.6) is 0 Å². The number of nitrogens with two attached hydrogens (primary N) is 2. The van der Waals surface area contributed by atoms with E-state index in [0.717, 1.165) is 5.56 Å². The number of nitrogens with one attached hydrogen (secondary N) is 3. The van der Waals surface area contributed by atoms with Gasteiger partial charge in [0.05, 0.1) is 12.1 Å². The Labute approximate surface area is 186 Å². The summed E-state index contributed by atoms with van der Waals surface area (Å²) < 4.78 is 5.13. The molecule has 0 saturated carbocycles. The molecule has 0 aromatic heterocycles. The average Bonchev–Trinajstić information content (AvgIpc) is 3.13. The van der Waals surface area contributed by atoms with Gasteiger partial charge in [0.25, 0.3) is 0 Å². The number of alkyl carbamates (subject to hydrolysis) is 1. The molecule has 32 heavy (non-hydrogen) atoms. The first-order valence-corrected chi connectivity index (χ1v) is 10.1. The Morgan fingerprint density at radius 1 is 1.31 bits per heavy atom. The number of benzene rings is 1. The van der Waals surface area contributed by atoms with Gasteiger partial charge in [-0.1, -0.05) is 24.3 Å². The minimum absolute atomic E-state index is 0.103. The Kier molecular flexibility index (Phi) is 7.73. The highest BCUT2D eigenvalue weighted by Gasteiger charge is 2.46. The van der Waals surface area contributed by atoms with Crippen LogP contribution in [0, 0.1) is 5.41 Å². The lowest BCUT2D eigenvalue weighted by molar-refractivity contribution is -0.150. The molecule has 1 amide bonds. The van der Waals surface area contributed by atoms with Gasteiger partial charge in [0.2, 0.25) is 0 Å². The van der Waals surface area contributed by atoms with E-state index in [-0.39, 0.29) is 18.3 Å². The van der Waals surface area contributed by atoms with Crippen LogP contribution in [-0.4, -0.2) is 52.1 Å². The van der Waals surface area contributed by atoms with Gasteiger partial charge in [-0.05, 0) is 39.7 Å². The molecule has 176 valence electrons. The molecule has 11 nitrogen and oxygen atoms in total. The summed E-state index contributed by atoms with van der Waals surface area (Å²) in [5, 5.41) is 19.7. The van der Waals surface area contributed by atoms with Gasteiger partial charge < -0.3 is 21.3 Å². The molecule has 2 rings (SSSR count). The second-order valence-electron chi connectivity index (χ2n) is 8.86. The summed E-state index contributed by atoms with van der Waals surface area (Å²) in [7, 11) is 0. The maximum Gasteiger partial charge on any atom is 0.413 e. The van der Waals surface area contributed by atoms with E-state index < -0.39 is 41.1 Å². The standard InChI is InChI=1S/C21H31N5O6/c1-11(22)21(24,18(28)29)16(27)10-14-9-15(26-32-14)12-5-7-13(8-6-12)17(23)25-19(30)31-20(2,3)4/h5-8,11,14-15,26H,9-10,22,24H2,1-4H3,(H,28,29)(H2,23,25,30)/t11?,14-,15+,21+/m1/s1. The van der Waals surface area contributed by atoms with Crippen LogP contribution in [0.25, 0.3) is 0 Å². The molecule has 4 atom stereocenters. The van der Waals surface area contributed by atoms with E-state index in [1.807, 2.05) is 0 Å². The van der Waals surface area contributed by atoms with Crippen molar-refractivity contribution in [3.8, 4) is 0 Å². The van der Waals surface area contributed by atoms with E-state index in [1.54, 1.807) is 45.0 Å². The first-order valence-electron chi connectivity index (χ1n) is 10.1. The minimum atomic E-state index is -2.18. The fourth-order valence-electron chi connectivity index (χ4n) is 3.17. The fraction of sp³-hybridized carbons (Fsp3) is 0.524. The Balaban J connectivity index is 1.96. The number of hydroxylamine groups is 1. The number of carbonyl (C=O) groups is 3. The number of Topliss-reactive ketones (excluding diaryl/α,β-unsaturated/α-hetero) is 1. The molecule has 11 heteroatoms. The van der Waals surface area contributed by atoms with Crippen LogP contribution in [0.4, 0.5) is 4.79 Å². The van der Waals surface area contributed by atoms with E-state index in [2.05, 4.69) is 10.8 Å². The van der Waals surface area contributed by atoms with E-state index in [0.29, 0.717) is 12.0 Å². The van der Waals surface area contributed by atoms with E-state index in [9.17, 15) is 19.5 Å². The fourth-order valence-corrected chi connectivity index (χ4v) is 3.17. The molecule has 1 aromatic rings. The molecule has 0 radical (unpaired) electrons. The Morgan fingerprint density at radius 3 is 2.41 bits per heavy atom. The zero-order valence-electron chi connectivity index (χ0n) is 18.6. The molecule has 1 unspecified atom stereocenters. The predicted molar refractivity (Wildman–Crippen MR) is 116 cm³/mol. The number of carboxylic acids is 1. The van der Waals surface area contributed by atoms with Crippen LogP contribution in [0.3, 0.4) is 0 Å². The zero-order chi connectivity index (χ0) is 24.3. The first-order chi connectivity index (χ1) is 14.7. The smallest absolute Gasteiger partial charge is 0.413 e. The summed E-state index contributed by atoms with van der Waals surface area (Å²) in [6.45, 7) is 6.57. The van der Waals surface area contributed by atoms with Gasteiger partial charge >= 0.3 is 12.1 Å². The molecule has 1 aliphatic heterocycles. The average molecular weight is 450 g/mol. The second-order valence-corrected chi connectivity index (χ2v) is 8.86. The predicted octanol–water partition coefficient (Wildman–Crippen LogP) is 0.960. The van der Waals surface area contributed by atoms with Crippen molar-refractivity contribution in [2.24, 2.45) is 11.5 Å². The lowest BCUT2D eigenvalue weighted by atomic mass is 9.84. The van der Waals surface area contributed by atoms with Crippen molar-refractivity contribution in [3.63, 3.8) is 0 Å². The Hall–Kier alpha value is -2.86. The molecule has 1 heterocycles. The highest BCUT2D eigenvalue weighted by molar-refractivity contribution is 6.08. The highest BCUT2D eigenvalue weighted by atomic mass is 16.7. The summed E-state index contributed by atoms with van der Waals surface area (Å²) >= 11 is 0. The number of carbonyl (C=O) groups excluding carboxylic acids is 2. The largest absolute Gasteiger partial charge is 0.479 e. The maximum atomic E-state index is 12.5. The van der Waals surface area contributed by atoms with Crippen LogP contribution in [-0.2, 0) is 19.2 Å². The summed E-state index contributed by atoms with van der Waals surface area (Å²) in [6.07, 6.45) is -1.07. The van der Waals surface area contributed by atoms with E-state index in [1.165, 1.54) is 6.92 Å². The first kappa shape index (κ1) is 25.4. The van der Waals surface area contributed by atoms with Crippen LogP contribution >= 0.6 is 0 Å². The van der Waals surface area contributed by atoms with Crippen molar-refractivity contribution in [1.82, 2.24) is 10.8 Å². The topological polar surface area (TPSA) is 190 Å². The Morgan fingerprint density at radius 2 is 1.91 bits per heavy atom. The van der Waals surface area contributed by atoms with Crippen molar-refractivity contribution in [2.45, 2.75) is 69.9 Å². The molecule has 0 aliphatic carbocycles. The summed E-state index contributed by atoms with van der Waals surface area (Å²) in [4.78, 5) is 41.2. The van der Waals surface area contributed by atoms with E-state index in [4.69, 9.17) is 26.5 Å². The van der Waals surface area contributed by atoms with Gasteiger partial charge in [-0.2, -0.15) is 5.48 Å². The van der Waals surface area contributed by atoms with Gasteiger partial charge in [0.15, 0.2) is 11.3 Å². The molecule has 1 aromatic carbocycles. The van der Waals surface area contributed by atoms with Crippen molar-refractivity contribution < 1.29 is 29.1 Å². The molecule has 8 N–H and O–H groups in total. The maximum absolute atomic E-state index is 12.5. The van der Waals surface area contributed by atoms with Crippen molar-refractivity contribution in [1.29, 1.82) is 5.41 Å². The van der Waals surface area contributed by atoms with Crippen LogP contribution in [0.15, 0.2) is 24.3 Å². The quantitative estimate of drug-likeness (QED) is 0.200. The zero-order valence-corrected chi connectivity index (χ0v) is 18.6. The molecule has 1 saturated heterocycles. The van der Waals surface area contributed by atoms with Crippen molar-refractivity contribution >= 4 is 23.7 Å². The number of hydrogen-bond donors (Lipinski definition) is 6. The molecule has 1 fully saturated rings. The minimum Gasteiger partial charge on any atom is -0.479 e. The summed E-state index contributed by atoms with van der Waals surface area (Å²) in [5.74, 6) is -2.28. The number of carboxylic acid groups (broad SMARTS) is 1. The van der Waals surface area contributed by atoms with Gasteiger partial charge in [-0.3, -0.25) is 20.4 Å². The van der Waals surface area contributed by atoms with Crippen LogP contribution < -0.4 is 22.3 Å². The highest BCUT2D eigenvalue weighted by Crippen LogP contribution is 2.28. The molecular formula is C21H31N5O6. The number of aliphatic carboxylic acids is 1. The summed E-state index contributed by atoms with van der Waals surface area (Å²) in [5.41, 5.74) is 12.7. The van der Waals surface area contributed by atoms with Crippen molar-refractivity contribution in [3.05, 3.63) is 35.4 Å². The van der Waals surface area contributed by atoms with Crippen LogP contribution in [0.1, 0.15) is 57.7 Å². The van der Waals surface area contributed by atoms with Gasteiger partial charge in [0.1, 0.15) is 11.4 Å². The Bertz CT molecular complexity index is 880. The van der Waals surface area contributed by atoms with Gasteiger partial charge in [-0.25, -0.2) is 9.59 Å². The lowest BCUT2D eigenvalue weighted by Gasteiger charge is -2.27.